The van der Waals surface area contributed by atoms with Crippen molar-refractivity contribution in [2.45, 2.75) is 24.5 Å². The summed E-state index contributed by atoms with van der Waals surface area (Å²) in [6.45, 7) is 0. The molecule has 200 valence electrons. The van der Waals surface area contributed by atoms with Gasteiger partial charge in [0.15, 0.2) is 11.4 Å². The van der Waals surface area contributed by atoms with Crippen LogP contribution in [0.2, 0.25) is 0 Å². The second kappa shape index (κ2) is 8.47. The fourth-order valence-electron chi connectivity index (χ4n) is 6.34. The summed E-state index contributed by atoms with van der Waals surface area (Å²) < 4.78 is 5.15. The Labute approximate surface area is 218 Å². The van der Waals surface area contributed by atoms with E-state index in [-0.39, 0.29) is 29.7 Å². The number of ketones is 2. The molecule has 3 aliphatic rings. The van der Waals surface area contributed by atoms with E-state index in [9.17, 15) is 34.8 Å². The number of nitrogens with zero attached hydrogens (tertiary/aromatic N) is 2. The fourth-order valence-corrected chi connectivity index (χ4v) is 6.34. The number of Topliss-reactive ketones (excluding diaryl/α,β-unsaturated/α-hetero) is 2. The number of phenols is 1. The average Bonchev–Trinajstić information content (AvgIpc) is 3.35. The monoisotopic (exact) mass is 523 g/mol. The van der Waals surface area contributed by atoms with Crippen LogP contribution in [0.1, 0.15) is 22.3 Å². The molecule has 0 bridgehead atoms. The number of carbonyl (C=O) groups is 3. The number of benzene rings is 1. The lowest BCUT2D eigenvalue weighted by atomic mass is 9.58. The molecule has 0 saturated carbocycles. The lowest BCUT2D eigenvalue weighted by molar-refractivity contribution is -0.148. The van der Waals surface area contributed by atoms with Gasteiger partial charge in [-0.05, 0) is 50.6 Å². The van der Waals surface area contributed by atoms with E-state index in [0.29, 0.717) is 22.4 Å². The van der Waals surface area contributed by atoms with E-state index in [4.69, 9.17) is 10.2 Å². The minimum absolute atomic E-state index is 0.0306. The van der Waals surface area contributed by atoms with Crippen LogP contribution in [0.25, 0.3) is 11.1 Å². The smallest absolute Gasteiger partial charge is 0.255 e. The van der Waals surface area contributed by atoms with Gasteiger partial charge in [-0.25, -0.2) is 0 Å². The summed E-state index contributed by atoms with van der Waals surface area (Å²) in [6, 6.07) is 2.35. The molecule has 0 aliphatic heterocycles. The number of fused-ring (bicyclic) bond motifs is 3. The molecule has 38 heavy (non-hydrogen) atoms. The summed E-state index contributed by atoms with van der Waals surface area (Å²) in [7, 11) is 6.78. The number of furan rings is 1. The maximum absolute atomic E-state index is 14.0. The summed E-state index contributed by atoms with van der Waals surface area (Å²) >= 11 is 0. The van der Waals surface area contributed by atoms with Gasteiger partial charge in [0.1, 0.15) is 22.8 Å². The van der Waals surface area contributed by atoms with Crippen molar-refractivity contribution < 1.29 is 39.2 Å². The normalized spacial score (nSPS) is 26.8. The SMILES string of the molecule is CN(C)c1cc(-c2ccoc2)c(O)c2c1CC1CC3C(N(C)C)C(O)=C(C(N)=O)C(=O)C3(O)C(O)=C1C2=O. The second-order valence-electron chi connectivity index (χ2n) is 10.5. The van der Waals surface area contributed by atoms with Gasteiger partial charge in [-0.2, -0.15) is 0 Å². The predicted molar refractivity (Wildman–Crippen MR) is 136 cm³/mol. The van der Waals surface area contributed by atoms with E-state index in [0.717, 1.165) is 0 Å². The Balaban J connectivity index is 1.76. The van der Waals surface area contributed by atoms with Crippen molar-refractivity contribution in [3.63, 3.8) is 0 Å². The van der Waals surface area contributed by atoms with Crippen LogP contribution < -0.4 is 10.6 Å². The number of likely N-dealkylation sites (N-methyl/N-ethyl adjacent to an activating group) is 1. The van der Waals surface area contributed by atoms with Gasteiger partial charge >= 0.3 is 0 Å². The van der Waals surface area contributed by atoms with E-state index < -0.39 is 58.0 Å². The Bertz CT molecular complexity index is 1450. The summed E-state index contributed by atoms with van der Waals surface area (Å²) in [4.78, 5) is 42.8. The first-order chi connectivity index (χ1) is 17.8. The molecule has 1 aromatic carbocycles. The van der Waals surface area contributed by atoms with Gasteiger partial charge in [-0.15, -0.1) is 0 Å². The highest BCUT2D eigenvalue weighted by molar-refractivity contribution is 6.25. The Morgan fingerprint density at radius 1 is 1.16 bits per heavy atom. The Morgan fingerprint density at radius 2 is 1.84 bits per heavy atom. The van der Waals surface area contributed by atoms with Crippen LogP contribution in [-0.4, -0.2) is 82.6 Å². The molecule has 1 heterocycles. The predicted octanol–water partition coefficient (Wildman–Crippen LogP) is 1.45. The van der Waals surface area contributed by atoms with Crippen molar-refractivity contribution in [1.82, 2.24) is 4.90 Å². The first-order valence-electron chi connectivity index (χ1n) is 12.1. The number of hydrogen-bond acceptors (Lipinski definition) is 10. The molecule has 1 aromatic heterocycles. The number of aliphatic hydroxyl groups is 3. The molecule has 4 atom stereocenters. The highest BCUT2D eigenvalue weighted by Gasteiger charge is 2.63. The van der Waals surface area contributed by atoms with Gasteiger partial charge in [-0.1, -0.05) is 0 Å². The van der Waals surface area contributed by atoms with Crippen LogP contribution >= 0.6 is 0 Å². The maximum atomic E-state index is 14.0. The number of phenolic OH excluding ortho intramolecular Hbond substituents is 1. The number of nitrogens with two attached hydrogens (primary N) is 1. The number of rotatable bonds is 4. The summed E-state index contributed by atoms with van der Waals surface area (Å²) in [5, 5.41) is 45.3. The molecule has 0 radical (unpaired) electrons. The Kier molecular flexibility index (Phi) is 5.69. The van der Waals surface area contributed by atoms with Crippen LogP contribution in [0.4, 0.5) is 5.69 Å². The van der Waals surface area contributed by atoms with E-state index in [1.54, 1.807) is 40.3 Å². The maximum Gasteiger partial charge on any atom is 0.255 e. The van der Waals surface area contributed by atoms with E-state index in [2.05, 4.69) is 0 Å². The fraction of sp³-hybridized carbons (Fsp3) is 0.370. The standard InChI is InChI=1S/C27H29N3O8/c1-29(2)16-9-13(11-5-6-38-10-11)21(31)18-14(16)7-12-8-15-20(30(3)4)23(33)19(26(28)36)25(35)27(15,37)24(34)17(12)22(18)32/h5-6,9-10,12,15,20,31,33-34,37H,7-8H2,1-4H3,(H2,28,36). The van der Waals surface area contributed by atoms with Crippen LogP contribution in [0, 0.1) is 11.8 Å². The van der Waals surface area contributed by atoms with Gasteiger partial charge in [0.2, 0.25) is 5.78 Å². The van der Waals surface area contributed by atoms with Gasteiger partial charge in [0.05, 0.1) is 24.1 Å². The number of aromatic hydroxyl groups is 1. The third kappa shape index (κ3) is 3.25. The number of allylic oxidation sites excluding steroid dienone is 1. The zero-order chi connectivity index (χ0) is 27.8. The molecule has 3 aliphatic carbocycles. The van der Waals surface area contributed by atoms with Gasteiger partial charge in [0.25, 0.3) is 5.91 Å². The number of hydrogen-bond donors (Lipinski definition) is 5. The highest BCUT2D eigenvalue weighted by atomic mass is 16.3. The van der Waals surface area contributed by atoms with Crippen molar-refractivity contribution in [3.8, 4) is 16.9 Å². The zero-order valence-electron chi connectivity index (χ0n) is 21.3. The molecule has 0 saturated heterocycles. The van der Waals surface area contributed by atoms with Crippen LogP contribution in [0.3, 0.4) is 0 Å². The molecule has 5 rings (SSSR count). The molecule has 0 fully saturated rings. The lowest BCUT2D eigenvalue weighted by Crippen LogP contribution is -2.63. The molecule has 1 amide bonds. The second-order valence-corrected chi connectivity index (χ2v) is 10.5. The number of anilines is 1. The van der Waals surface area contributed by atoms with Crippen molar-refractivity contribution >= 4 is 23.2 Å². The number of primary amides is 1. The van der Waals surface area contributed by atoms with Crippen molar-refractivity contribution in [2.75, 3.05) is 33.1 Å². The number of aliphatic hydroxyl groups excluding tert-OH is 2. The van der Waals surface area contributed by atoms with E-state index in [1.165, 1.54) is 17.4 Å². The van der Waals surface area contributed by atoms with Gasteiger partial charge in [-0.3, -0.25) is 19.3 Å². The van der Waals surface area contributed by atoms with Gasteiger partial charge < -0.3 is 35.5 Å². The summed E-state index contributed by atoms with van der Waals surface area (Å²) in [5.74, 6) is -6.78. The van der Waals surface area contributed by atoms with Gasteiger partial charge in [0, 0.05) is 42.4 Å². The molecular formula is C27H29N3O8. The number of amides is 1. The summed E-state index contributed by atoms with van der Waals surface area (Å²) in [6.07, 6.45) is 3.10. The molecular weight excluding hydrogens is 494 g/mol. The quantitative estimate of drug-likeness (QED) is 0.368. The minimum atomic E-state index is -2.67. The van der Waals surface area contributed by atoms with Crippen LogP contribution in [0.15, 0.2) is 51.7 Å². The first-order valence-corrected chi connectivity index (χ1v) is 12.1. The van der Waals surface area contributed by atoms with E-state index in [1.807, 2.05) is 4.90 Å². The zero-order valence-corrected chi connectivity index (χ0v) is 21.3. The number of carbonyl (C=O) groups excluding carboxylic acids is 3. The van der Waals surface area contributed by atoms with E-state index >= 15 is 0 Å². The average molecular weight is 524 g/mol. The Morgan fingerprint density at radius 3 is 2.39 bits per heavy atom. The third-order valence-electron chi connectivity index (χ3n) is 8.01. The third-order valence-corrected chi connectivity index (χ3v) is 8.01. The summed E-state index contributed by atoms with van der Waals surface area (Å²) in [5.41, 5.74) is 3.71. The largest absolute Gasteiger partial charge is 0.510 e. The van der Waals surface area contributed by atoms with Crippen molar-refractivity contribution in [2.24, 2.45) is 17.6 Å². The minimum Gasteiger partial charge on any atom is -0.510 e. The van der Waals surface area contributed by atoms with Crippen molar-refractivity contribution in [1.29, 1.82) is 0 Å². The molecule has 11 heteroatoms. The highest BCUT2D eigenvalue weighted by Crippen LogP contribution is 2.54. The molecule has 4 unspecified atom stereocenters. The van der Waals surface area contributed by atoms with Crippen LogP contribution in [0.5, 0.6) is 5.75 Å². The Hall–Kier alpha value is -4.09. The van der Waals surface area contributed by atoms with Crippen molar-refractivity contribution in [3.05, 3.63) is 58.5 Å². The molecule has 0 spiro atoms. The first kappa shape index (κ1) is 25.6. The lowest BCUT2D eigenvalue weighted by Gasteiger charge is -2.50. The molecule has 6 N–H and O–H groups in total. The van der Waals surface area contributed by atoms with Crippen LogP contribution in [-0.2, 0) is 16.0 Å². The molecule has 2 aromatic rings. The topological polar surface area (TPSA) is 178 Å². The molecule has 11 nitrogen and oxygen atoms in total.